The topological polar surface area (TPSA) is 60.5 Å². The van der Waals surface area contributed by atoms with E-state index in [1.807, 2.05) is 13.8 Å². The molecule has 1 aromatic rings. The Kier molecular flexibility index (Phi) is 7.15. The van der Waals surface area contributed by atoms with Gasteiger partial charge >= 0.3 is 0 Å². The van der Waals surface area contributed by atoms with Crippen LogP contribution in [0.4, 0.5) is 5.69 Å². The van der Waals surface area contributed by atoms with E-state index in [1.54, 1.807) is 25.4 Å². The fraction of sp³-hybridized carbons (Fsp3) is 0.625. The Hall–Kier alpha value is -1.62. The first-order valence-corrected chi connectivity index (χ1v) is 7.51. The fourth-order valence-electron chi connectivity index (χ4n) is 1.93. The number of unbranched alkanes of at least 4 members (excludes halogenated alkanes) is 1. The summed E-state index contributed by atoms with van der Waals surface area (Å²) in [4.78, 5) is 16.6. The van der Waals surface area contributed by atoms with Crippen LogP contribution in [0.5, 0.6) is 5.88 Å². The maximum atomic E-state index is 12.5. The highest BCUT2D eigenvalue weighted by atomic mass is 16.5. The molecule has 1 amide bonds. The van der Waals surface area contributed by atoms with E-state index in [0.29, 0.717) is 24.6 Å². The van der Waals surface area contributed by atoms with Crippen molar-refractivity contribution in [2.24, 2.45) is 0 Å². The van der Waals surface area contributed by atoms with Crippen molar-refractivity contribution in [2.75, 3.05) is 19.0 Å². The second-order valence-electron chi connectivity index (χ2n) is 5.23. The molecule has 5 heteroatoms. The largest absolute Gasteiger partial charge is 0.481 e. The lowest BCUT2D eigenvalue weighted by Crippen LogP contribution is -2.43. The van der Waals surface area contributed by atoms with Crippen molar-refractivity contribution in [3.63, 3.8) is 0 Å². The number of carbonyl (C=O) groups excluding carboxylic acids is 1. The number of anilines is 1. The minimum Gasteiger partial charge on any atom is -0.481 e. The molecular formula is C16H26N2O3. The molecule has 1 aromatic heterocycles. The maximum Gasteiger partial charge on any atom is 0.256 e. The van der Waals surface area contributed by atoms with Gasteiger partial charge in [0.2, 0.25) is 5.88 Å². The first-order chi connectivity index (χ1) is 10.1. The zero-order valence-electron chi connectivity index (χ0n) is 13.4. The molecule has 0 aliphatic carbocycles. The van der Waals surface area contributed by atoms with Gasteiger partial charge in [-0.3, -0.25) is 4.79 Å². The molecule has 0 radical (unpaired) electrons. The Labute approximate surface area is 127 Å². The third-order valence-electron chi connectivity index (χ3n) is 3.32. The number of amides is 1. The summed E-state index contributed by atoms with van der Waals surface area (Å²) in [6, 6.07) is 3.48. The predicted molar refractivity (Wildman–Crippen MR) is 83.6 cm³/mol. The number of pyridine rings is 1. The van der Waals surface area contributed by atoms with Crippen LogP contribution in [0.15, 0.2) is 18.3 Å². The van der Waals surface area contributed by atoms with Crippen LogP contribution in [0.1, 0.15) is 46.5 Å². The highest BCUT2D eigenvalue weighted by Gasteiger charge is 2.33. The number of nitrogens with one attached hydrogen (secondary N) is 1. The van der Waals surface area contributed by atoms with E-state index in [4.69, 9.17) is 9.47 Å². The van der Waals surface area contributed by atoms with E-state index in [1.165, 1.54) is 0 Å². The molecule has 0 spiro atoms. The summed E-state index contributed by atoms with van der Waals surface area (Å²) in [5, 5.41) is 2.87. The van der Waals surface area contributed by atoms with Gasteiger partial charge in [-0.1, -0.05) is 26.7 Å². The van der Waals surface area contributed by atoms with Crippen molar-refractivity contribution in [1.29, 1.82) is 0 Å². The second kappa shape index (κ2) is 8.62. The van der Waals surface area contributed by atoms with Crippen molar-refractivity contribution in [2.45, 2.75) is 52.1 Å². The third-order valence-corrected chi connectivity index (χ3v) is 3.32. The van der Waals surface area contributed by atoms with E-state index in [2.05, 4.69) is 17.2 Å². The summed E-state index contributed by atoms with van der Waals surface area (Å²) >= 11 is 0. The molecule has 0 aromatic carbocycles. The lowest BCUT2D eigenvalue weighted by molar-refractivity contribution is -0.140. The minimum absolute atomic E-state index is 0.128. The van der Waals surface area contributed by atoms with E-state index < -0.39 is 5.60 Å². The fourth-order valence-corrected chi connectivity index (χ4v) is 1.93. The van der Waals surface area contributed by atoms with Gasteiger partial charge in [-0.25, -0.2) is 4.98 Å². The molecular weight excluding hydrogens is 268 g/mol. The Bertz CT molecular complexity index is 424. The molecule has 0 fully saturated rings. The number of hydrogen-bond acceptors (Lipinski definition) is 4. The molecule has 5 nitrogen and oxygen atoms in total. The van der Waals surface area contributed by atoms with Gasteiger partial charge in [-0.15, -0.1) is 0 Å². The summed E-state index contributed by atoms with van der Waals surface area (Å²) in [6.07, 6.45) is 5.16. The van der Waals surface area contributed by atoms with Crippen LogP contribution >= 0.6 is 0 Å². The number of aromatic nitrogens is 1. The zero-order chi connectivity index (χ0) is 15.7. The van der Waals surface area contributed by atoms with Crippen LogP contribution < -0.4 is 10.1 Å². The van der Waals surface area contributed by atoms with Crippen molar-refractivity contribution in [3.8, 4) is 5.88 Å². The zero-order valence-corrected chi connectivity index (χ0v) is 13.4. The van der Waals surface area contributed by atoms with Crippen LogP contribution in [0.2, 0.25) is 0 Å². The summed E-state index contributed by atoms with van der Waals surface area (Å²) < 4.78 is 10.8. The van der Waals surface area contributed by atoms with Gasteiger partial charge in [-0.2, -0.15) is 0 Å². The van der Waals surface area contributed by atoms with Gasteiger partial charge < -0.3 is 14.8 Å². The van der Waals surface area contributed by atoms with Crippen molar-refractivity contribution >= 4 is 11.6 Å². The third kappa shape index (κ3) is 5.34. The summed E-state index contributed by atoms with van der Waals surface area (Å²) in [5.74, 6) is 0.389. The standard InChI is InChI=1S/C16H26N2O3/c1-5-7-10-16(3,21-11-6-2)15(19)18-13-8-9-14(20-4)17-12-13/h8-9,12H,5-7,10-11H2,1-4H3,(H,18,19)/t16-/m1/s1. The average molecular weight is 294 g/mol. The van der Waals surface area contributed by atoms with Crippen LogP contribution in [-0.4, -0.2) is 30.2 Å². The smallest absolute Gasteiger partial charge is 0.256 e. The van der Waals surface area contributed by atoms with Gasteiger partial charge in [0.05, 0.1) is 19.0 Å². The lowest BCUT2D eigenvalue weighted by Gasteiger charge is -2.28. The van der Waals surface area contributed by atoms with E-state index in [9.17, 15) is 4.79 Å². The number of methoxy groups -OCH3 is 1. The summed E-state index contributed by atoms with van der Waals surface area (Å²) in [7, 11) is 1.56. The Morgan fingerprint density at radius 2 is 2.10 bits per heavy atom. The Morgan fingerprint density at radius 1 is 1.33 bits per heavy atom. The van der Waals surface area contributed by atoms with Gasteiger partial charge in [0.15, 0.2) is 0 Å². The SMILES string of the molecule is CCCC[C@@](C)(OCCC)C(=O)Nc1ccc(OC)nc1. The molecule has 1 atom stereocenters. The molecule has 0 bridgehead atoms. The maximum absolute atomic E-state index is 12.5. The summed E-state index contributed by atoms with van der Waals surface area (Å²) in [6.45, 7) is 6.57. The molecule has 0 saturated carbocycles. The van der Waals surface area contributed by atoms with Gasteiger partial charge in [0.1, 0.15) is 5.60 Å². The quantitative estimate of drug-likeness (QED) is 0.758. The molecule has 118 valence electrons. The lowest BCUT2D eigenvalue weighted by atomic mass is 9.97. The first kappa shape index (κ1) is 17.4. The number of carbonyl (C=O) groups is 1. The molecule has 0 unspecified atom stereocenters. The van der Waals surface area contributed by atoms with Crippen molar-refractivity contribution < 1.29 is 14.3 Å². The molecule has 0 aliphatic rings. The molecule has 0 aliphatic heterocycles. The molecule has 1 N–H and O–H groups in total. The number of hydrogen-bond donors (Lipinski definition) is 1. The number of nitrogens with zero attached hydrogens (tertiary/aromatic N) is 1. The van der Waals surface area contributed by atoms with E-state index in [0.717, 1.165) is 19.3 Å². The normalized spacial score (nSPS) is 13.5. The Balaban J connectivity index is 2.73. The van der Waals surface area contributed by atoms with Gasteiger partial charge in [0.25, 0.3) is 5.91 Å². The first-order valence-electron chi connectivity index (χ1n) is 7.51. The predicted octanol–water partition coefficient (Wildman–Crippen LogP) is 3.40. The number of ether oxygens (including phenoxy) is 2. The molecule has 0 saturated heterocycles. The highest BCUT2D eigenvalue weighted by Crippen LogP contribution is 2.22. The highest BCUT2D eigenvalue weighted by molar-refractivity contribution is 5.96. The van der Waals surface area contributed by atoms with Crippen LogP contribution in [0, 0.1) is 0 Å². The van der Waals surface area contributed by atoms with E-state index in [-0.39, 0.29) is 5.91 Å². The van der Waals surface area contributed by atoms with Gasteiger partial charge in [0, 0.05) is 12.7 Å². The molecule has 21 heavy (non-hydrogen) atoms. The van der Waals surface area contributed by atoms with Crippen LogP contribution in [0.25, 0.3) is 0 Å². The molecule has 1 heterocycles. The average Bonchev–Trinajstić information content (AvgIpc) is 2.51. The summed E-state index contributed by atoms with van der Waals surface area (Å²) in [5.41, 5.74) is -0.157. The van der Waals surface area contributed by atoms with Crippen molar-refractivity contribution in [3.05, 3.63) is 18.3 Å². The monoisotopic (exact) mass is 294 g/mol. The van der Waals surface area contributed by atoms with Gasteiger partial charge in [-0.05, 0) is 25.8 Å². The van der Waals surface area contributed by atoms with Crippen molar-refractivity contribution in [1.82, 2.24) is 4.98 Å². The number of rotatable bonds is 9. The second-order valence-corrected chi connectivity index (χ2v) is 5.23. The van der Waals surface area contributed by atoms with Crippen LogP contribution in [-0.2, 0) is 9.53 Å². The van der Waals surface area contributed by atoms with Crippen LogP contribution in [0.3, 0.4) is 0 Å². The minimum atomic E-state index is -0.800. The van der Waals surface area contributed by atoms with E-state index >= 15 is 0 Å². The molecule has 1 rings (SSSR count). The Morgan fingerprint density at radius 3 is 2.62 bits per heavy atom.